The standard InChI is InChI=1S/C9H15NOS.ClH/c1-7-4-5-9(12-7)8(10)3-2-6-11;/h4-5,8,11H,2-3,6,10H2,1H3;1H/t8-;/m0./s1. The number of halogens is 1. The van der Waals surface area contributed by atoms with Gasteiger partial charge >= 0.3 is 0 Å². The van der Waals surface area contributed by atoms with Gasteiger partial charge in [0.05, 0.1) is 0 Å². The molecule has 13 heavy (non-hydrogen) atoms. The highest BCUT2D eigenvalue weighted by Crippen LogP contribution is 2.23. The summed E-state index contributed by atoms with van der Waals surface area (Å²) in [5, 5.41) is 8.62. The Hall–Kier alpha value is -0.0900. The molecule has 0 unspecified atom stereocenters. The van der Waals surface area contributed by atoms with E-state index in [-0.39, 0.29) is 25.1 Å². The molecule has 0 aliphatic carbocycles. The zero-order valence-corrected chi connectivity index (χ0v) is 9.33. The molecule has 3 N–H and O–H groups in total. The number of aryl methyl sites for hydroxylation is 1. The molecule has 0 saturated heterocycles. The Bertz CT molecular complexity index is 239. The maximum absolute atomic E-state index is 8.62. The zero-order chi connectivity index (χ0) is 8.97. The molecule has 0 bridgehead atoms. The highest BCUT2D eigenvalue weighted by molar-refractivity contribution is 7.12. The first-order valence-electron chi connectivity index (χ1n) is 4.17. The minimum absolute atomic E-state index is 0. The lowest BCUT2D eigenvalue weighted by molar-refractivity contribution is 0.280. The van der Waals surface area contributed by atoms with E-state index in [1.807, 2.05) is 0 Å². The van der Waals surface area contributed by atoms with E-state index in [0.717, 1.165) is 12.8 Å². The smallest absolute Gasteiger partial charge is 0.0431 e. The van der Waals surface area contributed by atoms with Crippen LogP contribution in [0.25, 0.3) is 0 Å². The fourth-order valence-corrected chi connectivity index (χ4v) is 2.02. The van der Waals surface area contributed by atoms with Gasteiger partial charge in [-0.1, -0.05) is 0 Å². The number of aliphatic hydroxyl groups excluding tert-OH is 1. The summed E-state index contributed by atoms with van der Waals surface area (Å²) in [6.45, 7) is 2.31. The van der Waals surface area contributed by atoms with Crippen LogP contribution in [-0.2, 0) is 0 Å². The number of aliphatic hydroxyl groups is 1. The van der Waals surface area contributed by atoms with Crippen molar-refractivity contribution >= 4 is 23.7 Å². The van der Waals surface area contributed by atoms with Crippen LogP contribution in [0.15, 0.2) is 12.1 Å². The Morgan fingerprint density at radius 2 is 2.23 bits per heavy atom. The summed E-state index contributed by atoms with van der Waals surface area (Å²) in [4.78, 5) is 2.52. The van der Waals surface area contributed by atoms with E-state index in [9.17, 15) is 0 Å². The lowest BCUT2D eigenvalue weighted by Gasteiger charge is -2.06. The Morgan fingerprint density at radius 1 is 1.54 bits per heavy atom. The monoisotopic (exact) mass is 221 g/mol. The Balaban J connectivity index is 0.00000144. The van der Waals surface area contributed by atoms with Gasteiger partial charge in [0, 0.05) is 22.4 Å². The molecule has 0 radical (unpaired) electrons. The van der Waals surface area contributed by atoms with E-state index in [4.69, 9.17) is 10.8 Å². The maximum Gasteiger partial charge on any atom is 0.0431 e. The summed E-state index contributed by atoms with van der Waals surface area (Å²) >= 11 is 1.74. The van der Waals surface area contributed by atoms with Gasteiger partial charge in [-0.3, -0.25) is 0 Å². The summed E-state index contributed by atoms with van der Waals surface area (Å²) in [5.74, 6) is 0. The molecule has 0 aromatic carbocycles. The van der Waals surface area contributed by atoms with Gasteiger partial charge in [0.2, 0.25) is 0 Å². The number of hydrogen-bond donors (Lipinski definition) is 2. The molecule has 0 aliphatic heterocycles. The average molecular weight is 222 g/mol. The fourth-order valence-electron chi connectivity index (χ4n) is 1.11. The molecule has 2 nitrogen and oxygen atoms in total. The van der Waals surface area contributed by atoms with Crippen molar-refractivity contribution in [2.45, 2.75) is 25.8 Å². The van der Waals surface area contributed by atoms with Crippen LogP contribution in [0.1, 0.15) is 28.6 Å². The number of nitrogens with two attached hydrogens (primary N) is 1. The number of thiophene rings is 1. The molecule has 0 saturated carbocycles. The summed E-state index contributed by atoms with van der Waals surface area (Å²) in [7, 11) is 0. The van der Waals surface area contributed by atoms with Crippen LogP contribution in [0.2, 0.25) is 0 Å². The van der Waals surface area contributed by atoms with E-state index < -0.39 is 0 Å². The van der Waals surface area contributed by atoms with Gasteiger partial charge in [0.1, 0.15) is 0 Å². The highest BCUT2D eigenvalue weighted by Gasteiger charge is 2.06. The highest BCUT2D eigenvalue weighted by atomic mass is 35.5. The molecule has 1 aromatic rings. The largest absolute Gasteiger partial charge is 0.396 e. The maximum atomic E-state index is 8.62. The topological polar surface area (TPSA) is 46.2 Å². The van der Waals surface area contributed by atoms with Crippen molar-refractivity contribution in [3.05, 3.63) is 21.9 Å². The summed E-state index contributed by atoms with van der Waals surface area (Å²) in [6.07, 6.45) is 1.66. The molecule has 76 valence electrons. The molecular weight excluding hydrogens is 206 g/mol. The lowest BCUT2D eigenvalue weighted by Crippen LogP contribution is -2.08. The SMILES string of the molecule is Cc1ccc([C@@H](N)CCCO)s1.Cl. The second kappa shape index (κ2) is 6.38. The summed E-state index contributed by atoms with van der Waals surface area (Å²) < 4.78 is 0. The van der Waals surface area contributed by atoms with E-state index in [1.165, 1.54) is 9.75 Å². The van der Waals surface area contributed by atoms with E-state index >= 15 is 0 Å². The van der Waals surface area contributed by atoms with Gasteiger partial charge in [0.15, 0.2) is 0 Å². The van der Waals surface area contributed by atoms with Crippen LogP contribution in [0.3, 0.4) is 0 Å². The Morgan fingerprint density at radius 3 is 2.69 bits per heavy atom. The van der Waals surface area contributed by atoms with Crippen molar-refractivity contribution in [1.82, 2.24) is 0 Å². The van der Waals surface area contributed by atoms with Crippen molar-refractivity contribution in [3.8, 4) is 0 Å². The van der Waals surface area contributed by atoms with Crippen molar-refractivity contribution in [3.63, 3.8) is 0 Å². The lowest BCUT2D eigenvalue weighted by atomic mass is 10.1. The predicted molar refractivity (Wildman–Crippen MR) is 59.6 cm³/mol. The molecular formula is C9H16ClNOS. The Labute approximate surface area is 89.2 Å². The minimum Gasteiger partial charge on any atom is -0.396 e. The molecule has 1 aromatic heterocycles. The Kier molecular flexibility index (Phi) is 6.33. The first-order chi connectivity index (χ1) is 5.74. The molecule has 0 fully saturated rings. The van der Waals surface area contributed by atoms with Gasteiger partial charge < -0.3 is 10.8 Å². The molecule has 1 atom stereocenters. The predicted octanol–water partition coefficient (Wildman–Crippen LogP) is 2.25. The zero-order valence-electron chi connectivity index (χ0n) is 7.69. The van der Waals surface area contributed by atoms with Gasteiger partial charge in [-0.05, 0) is 31.9 Å². The number of rotatable bonds is 4. The average Bonchev–Trinajstić information content (AvgIpc) is 2.47. The second-order valence-corrected chi connectivity index (χ2v) is 4.24. The normalized spacial score (nSPS) is 12.2. The van der Waals surface area contributed by atoms with Crippen molar-refractivity contribution in [1.29, 1.82) is 0 Å². The van der Waals surface area contributed by atoms with Crippen LogP contribution < -0.4 is 5.73 Å². The van der Waals surface area contributed by atoms with Crippen LogP contribution in [0.4, 0.5) is 0 Å². The molecule has 0 aliphatic rings. The molecule has 0 spiro atoms. The van der Waals surface area contributed by atoms with Crippen LogP contribution >= 0.6 is 23.7 Å². The van der Waals surface area contributed by atoms with Crippen molar-refractivity contribution in [2.75, 3.05) is 6.61 Å². The molecule has 4 heteroatoms. The van der Waals surface area contributed by atoms with Crippen molar-refractivity contribution < 1.29 is 5.11 Å². The molecule has 1 heterocycles. The first kappa shape index (κ1) is 12.9. The molecule has 1 rings (SSSR count). The third kappa shape index (κ3) is 4.09. The third-order valence-corrected chi connectivity index (χ3v) is 2.93. The molecule has 0 amide bonds. The minimum atomic E-state index is 0. The summed E-state index contributed by atoms with van der Waals surface area (Å²) in [5.41, 5.74) is 5.89. The van der Waals surface area contributed by atoms with Crippen molar-refractivity contribution in [2.24, 2.45) is 5.73 Å². The van der Waals surface area contributed by atoms with E-state index in [0.29, 0.717) is 0 Å². The van der Waals surface area contributed by atoms with Gasteiger partial charge in [-0.2, -0.15) is 0 Å². The number of hydrogen-bond acceptors (Lipinski definition) is 3. The second-order valence-electron chi connectivity index (χ2n) is 2.92. The quantitative estimate of drug-likeness (QED) is 0.820. The first-order valence-corrected chi connectivity index (χ1v) is 4.98. The van der Waals surface area contributed by atoms with Gasteiger partial charge in [-0.25, -0.2) is 0 Å². The van der Waals surface area contributed by atoms with Gasteiger partial charge in [0.25, 0.3) is 0 Å². The van der Waals surface area contributed by atoms with Gasteiger partial charge in [-0.15, -0.1) is 23.7 Å². The van der Waals surface area contributed by atoms with E-state index in [1.54, 1.807) is 11.3 Å². The third-order valence-electron chi connectivity index (χ3n) is 1.80. The van der Waals surface area contributed by atoms with Crippen LogP contribution in [-0.4, -0.2) is 11.7 Å². The van der Waals surface area contributed by atoms with Crippen LogP contribution in [0.5, 0.6) is 0 Å². The fraction of sp³-hybridized carbons (Fsp3) is 0.556. The summed E-state index contributed by atoms with van der Waals surface area (Å²) in [6, 6.07) is 4.26. The van der Waals surface area contributed by atoms with Crippen LogP contribution in [0, 0.1) is 6.92 Å². The van der Waals surface area contributed by atoms with E-state index in [2.05, 4.69) is 19.1 Å².